The number of nitrogens with two attached hydrogens (primary N) is 1. The normalized spacial score (nSPS) is 14.9. The van der Waals surface area contributed by atoms with Gasteiger partial charge in [-0.15, -0.1) is 0 Å². The van der Waals surface area contributed by atoms with Crippen LogP contribution in [-0.4, -0.2) is 37.8 Å². The molecule has 0 atom stereocenters. The number of guanidine groups is 1. The van der Waals surface area contributed by atoms with Crippen LogP contribution in [-0.2, 0) is 13.0 Å². The predicted molar refractivity (Wildman–Crippen MR) is 118 cm³/mol. The molecule has 1 heterocycles. The molecule has 1 aromatic carbocycles. The highest BCUT2D eigenvalue weighted by Gasteiger charge is 2.15. The maximum Gasteiger partial charge on any atom is 0.213 e. The summed E-state index contributed by atoms with van der Waals surface area (Å²) >= 11 is 0. The van der Waals surface area contributed by atoms with Crippen LogP contribution in [0.1, 0.15) is 43.2 Å². The number of pyridine rings is 1. The van der Waals surface area contributed by atoms with Crippen molar-refractivity contribution in [2.24, 2.45) is 10.7 Å². The number of aliphatic imine (C=N–C) groups is 1. The minimum absolute atomic E-state index is 0.285. The second kappa shape index (κ2) is 11.3. The number of benzene rings is 1. The Kier molecular flexibility index (Phi) is 8.18. The lowest BCUT2D eigenvalue weighted by Gasteiger charge is -2.22. The number of nitrogens with zero attached hydrogens (tertiary/aromatic N) is 2. The Labute approximate surface area is 178 Å². The molecule has 0 unspecified atom stereocenters. The summed E-state index contributed by atoms with van der Waals surface area (Å²) in [5.41, 5.74) is 8.18. The molecule has 0 bridgehead atoms. The second-order valence-electron chi connectivity index (χ2n) is 7.45. The molecular formula is C23H32N4O3. The summed E-state index contributed by atoms with van der Waals surface area (Å²) in [7, 11) is 3.26. The third-order valence-electron chi connectivity index (χ3n) is 5.24. The van der Waals surface area contributed by atoms with Gasteiger partial charge in [0.15, 0.2) is 17.5 Å². The van der Waals surface area contributed by atoms with Crippen molar-refractivity contribution in [1.82, 2.24) is 10.3 Å². The van der Waals surface area contributed by atoms with E-state index in [1.54, 1.807) is 20.4 Å². The van der Waals surface area contributed by atoms with Crippen LogP contribution in [0.5, 0.6) is 17.4 Å². The molecule has 0 radical (unpaired) electrons. The number of hydrogen-bond acceptors (Lipinski definition) is 5. The molecule has 1 saturated carbocycles. The van der Waals surface area contributed by atoms with E-state index >= 15 is 0 Å². The molecule has 1 aliphatic carbocycles. The summed E-state index contributed by atoms with van der Waals surface area (Å²) in [6.07, 6.45) is 8.85. The first-order valence-electron chi connectivity index (χ1n) is 10.5. The van der Waals surface area contributed by atoms with Crippen LogP contribution >= 0.6 is 0 Å². The maximum atomic E-state index is 6.03. The maximum absolute atomic E-state index is 6.03. The van der Waals surface area contributed by atoms with Crippen LogP contribution in [0.15, 0.2) is 41.5 Å². The summed E-state index contributed by atoms with van der Waals surface area (Å²) < 4.78 is 16.6. The van der Waals surface area contributed by atoms with Gasteiger partial charge in [-0.1, -0.05) is 12.5 Å². The first kappa shape index (κ1) is 21.7. The molecule has 7 nitrogen and oxygen atoms in total. The summed E-state index contributed by atoms with van der Waals surface area (Å²) in [6.45, 7) is 1.16. The lowest BCUT2D eigenvalue weighted by molar-refractivity contribution is 0.148. The van der Waals surface area contributed by atoms with Gasteiger partial charge in [-0.2, -0.15) is 0 Å². The van der Waals surface area contributed by atoms with Gasteiger partial charge in [-0.05, 0) is 61.4 Å². The van der Waals surface area contributed by atoms with E-state index in [4.69, 9.17) is 19.9 Å². The Hall–Kier alpha value is -2.96. The number of rotatable bonds is 9. The van der Waals surface area contributed by atoms with Crippen molar-refractivity contribution in [3.05, 3.63) is 47.7 Å². The first-order chi connectivity index (χ1) is 14.7. The Balaban J connectivity index is 1.46. The largest absolute Gasteiger partial charge is 0.493 e. The highest BCUT2D eigenvalue weighted by molar-refractivity contribution is 5.77. The SMILES string of the molecule is COc1ccc(CCNC(N)=NCc2ccnc(OC3CCCCC3)c2)cc1OC. The minimum Gasteiger partial charge on any atom is -0.493 e. The highest BCUT2D eigenvalue weighted by Crippen LogP contribution is 2.27. The van der Waals surface area contributed by atoms with E-state index in [9.17, 15) is 0 Å². The van der Waals surface area contributed by atoms with Gasteiger partial charge in [-0.25, -0.2) is 9.98 Å². The number of ether oxygens (including phenoxy) is 3. The van der Waals surface area contributed by atoms with Crippen molar-refractivity contribution in [3.63, 3.8) is 0 Å². The molecule has 0 saturated heterocycles. The van der Waals surface area contributed by atoms with E-state index in [1.807, 2.05) is 30.3 Å². The predicted octanol–water partition coefficient (Wildman–Crippen LogP) is 3.46. The van der Waals surface area contributed by atoms with Gasteiger partial charge in [0.25, 0.3) is 0 Å². The van der Waals surface area contributed by atoms with E-state index < -0.39 is 0 Å². The molecule has 1 aromatic heterocycles. The fourth-order valence-electron chi connectivity index (χ4n) is 3.57. The molecule has 2 aromatic rings. The quantitative estimate of drug-likeness (QED) is 0.484. The third-order valence-corrected chi connectivity index (χ3v) is 5.24. The van der Waals surface area contributed by atoms with E-state index in [2.05, 4.69) is 15.3 Å². The van der Waals surface area contributed by atoms with Gasteiger partial charge in [0, 0.05) is 18.8 Å². The number of methoxy groups -OCH3 is 2. The fraction of sp³-hybridized carbons (Fsp3) is 0.478. The van der Waals surface area contributed by atoms with E-state index in [0.29, 0.717) is 24.9 Å². The molecule has 1 fully saturated rings. The van der Waals surface area contributed by atoms with Gasteiger partial charge in [-0.3, -0.25) is 0 Å². The van der Waals surface area contributed by atoms with E-state index in [1.165, 1.54) is 19.3 Å². The van der Waals surface area contributed by atoms with Gasteiger partial charge >= 0.3 is 0 Å². The van der Waals surface area contributed by atoms with Crippen molar-refractivity contribution in [1.29, 1.82) is 0 Å². The highest BCUT2D eigenvalue weighted by atomic mass is 16.5. The molecule has 3 rings (SSSR count). The van der Waals surface area contributed by atoms with Gasteiger partial charge < -0.3 is 25.3 Å². The number of nitrogens with one attached hydrogen (secondary N) is 1. The molecule has 0 spiro atoms. The molecule has 0 amide bonds. The number of hydrogen-bond donors (Lipinski definition) is 2. The van der Waals surface area contributed by atoms with Crippen molar-refractivity contribution in [2.75, 3.05) is 20.8 Å². The molecule has 162 valence electrons. The average Bonchev–Trinajstić information content (AvgIpc) is 2.78. The zero-order valence-electron chi connectivity index (χ0n) is 17.9. The smallest absolute Gasteiger partial charge is 0.213 e. The lowest BCUT2D eigenvalue weighted by atomic mass is 9.98. The molecule has 3 N–H and O–H groups in total. The van der Waals surface area contributed by atoms with Crippen molar-refractivity contribution in [2.45, 2.75) is 51.2 Å². The van der Waals surface area contributed by atoms with Gasteiger partial charge in [0.2, 0.25) is 5.88 Å². The molecule has 7 heteroatoms. The topological polar surface area (TPSA) is 91.0 Å². The van der Waals surface area contributed by atoms with Gasteiger partial charge in [0.1, 0.15) is 6.10 Å². The van der Waals surface area contributed by atoms with Crippen molar-refractivity contribution >= 4 is 5.96 Å². The van der Waals surface area contributed by atoms with Crippen LogP contribution in [0.4, 0.5) is 0 Å². The second-order valence-corrected chi connectivity index (χ2v) is 7.45. The summed E-state index contributed by atoms with van der Waals surface area (Å²) in [6, 6.07) is 9.78. The monoisotopic (exact) mass is 412 g/mol. The molecule has 1 aliphatic rings. The Morgan fingerprint density at radius 2 is 1.87 bits per heavy atom. The third kappa shape index (κ3) is 6.54. The lowest BCUT2D eigenvalue weighted by Crippen LogP contribution is -2.33. The Bertz CT molecular complexity index is 835. The molecule has 0 aliphatic heterocycles. The van der Waals surface area contributed by atoms with Crippen LogP contribution < -0.4 is 25.3 Å². The minimum atomic E-state index is 0.285. The first-order valence-corrected chi connectivity index (χ1v) is 10.5. The summed E-state index contributed by atoms with van der Waals surface area (Å²) in [5, 5.41) is 3.16. The fourth-order valence-corrected chi connectivity index (χ4v) is 3.57. The van der Waals surface area contributed by atoms with Crippen LogP contribution in [0, 0.1) is 0 Å². The van der Waals surface area contributed by atoms with Crippen LogP contribution in [0.3, 0.4) is 0 Å². The average molecular weight is 413 g/mol. The van der Waals surface area contributed by atoms with E-state index in [0.717, 1.165) is 41.9 Å². The van der Waals surface area contributed by atoms with Crippen molar-refractivity contribution in [3.8, 4) is 17.4 Å². The van der Waals surface area contributed by atoms with Crippen LogP contribution in [0.25, 0.3) is 0 Å². The standard InChI is InChI=1S/C23H32N4O3/c1-28-20-9-8-17(14-21(20)29-2)10-13-26-23(24)27-16-18-11-12-25-22(15-18)30-19-6-4-3-5-7-19/h8-9,11-12,14-15,19H,3-7,10,13,16H2,1-2H3,(H3,24,26,27). The van der Waals surface area contributed by atoms with Crippen LogP contribution in [0.2, 0.25) is 0 Å². The zero-order valence-corrected chi connectivity index (χ0v) is 17.9. The van der Waals surface area contributed by atoms with E-state index in [-0.39, 0.29) is 6.10 Å². The Morgan fingerprint density at radius 3 is 2.63 bits per heavy atom. The summed E-state index contributed by atoms with van der Waals surface area (Å²) in [5.74, 6) is 2.54. The van der Waals surface area contributed by atoms with Gasteiger partial charge in [0.05, 0.1) is 20.8 Å². The molecular weight excluding hydrogens is 380 g/mol. The van der Waals surface area contributed by atoms with Crippen molar-refractivity contribution < 1.29 is 14.2 Å². The molecule has 30 heavy (non-hydrogen) atoms. The Morgan fingerprint density at radius 1 is 1.07 bits per heavy atom. The zero-order chi connectivity index (χ0) is 21.2. The number of aromatic nitrogens is 1. The summed E-state index contributed by atoms with van der Waals surface area (Å²) in [4.78, 5) is 8.76.